The molecule has 2 aromatic carbocycles. The number of esters is 1. The third kappa shape index (κ3) is 6.07. The predicted octanol–water partition coefficient (Wildman–Crippen LogP) is 2.86. The van der Waals surface area contributed by atoms with E-state index in [1.165, 1.54) is 0 Å². The van der Waals surface area contributed by atoms with Gasteiger partial charge in [0, 0.05) is 11.8 Å². The number of ether oxygens (including phenoxy) is 2. The van der Waals surface area contributed by atoms with Gasteiger partial charge in [-0.05, 0) is 36.2 Å². The number of nitro benzene ring substituents is 1. The summed E-state index contributed by atoms with van der Waals surface area (Å²) >= 11 is 0. The topological polar surface area (TPSA) is 108 Å². The van der Waals surface area contributed by atoms with Crippen molar-refractivity contribution in [3.05, 3.63) is 64.0 Å². The first-order chi connectivity index (χ1) is 12.9. The Hall–Kier alpha value is -3.49. The lowest BCUT2D eigenvalue weighted by atomic mass is 10.2. The fraction of sp³-hybridized carbons (Fsp3) is 0.222. The number of halogens is 1. The highest BCUT2D eigenvalue weighted by atomic mass is 19.1. The van der Waals surface area contributed by atoms with Crippen LogP contribution in [0.5, 0.6) is 5.75 Å². The maximum absolute atomic E-state index is 13.2. The minimum absolute atomic E-state index is 0.0106. The summed E-state index contributed by atoms with van der Waals surface area (Å²) in [5.74, 6) is -2.01. The summed E-state index contributed by atoms with van der Waals surface area (Å²) in [6, 6.07) is 10.1. The lowest BCUT2D eigenvalue weighted by molar-refractivity contribution is -0.387. The molecule has 0 bridgehead atoms. The maximum atomic E-state index is 13.2. The second kappa shape index (κ2) is 9.27. The van der Waals surface area contributed by atoms with Crippen LogP contribution in [0.4, 0.5) is 15.8 Å². The normalized spacial score (nSPS) is 10.1. The molecule has 0 aliphatic carbocycles. The molecule has 0 unspecified atom stereocenters. The number of amides is 1. The number of aryl methyl sites for hydroxylation is 1. The van der Waals surface area contributed by atoms with Crippen LogP contribution >= 0.6 is 0 Å². The van der Waals surface area contributed by atoms with Gasteiger partial charge in [-0.1, -0.05) is 19.1 Å². The van der Waals surface area contributed by atoms with E-state index < -0.39 is 34.9 Å². The number of hydrogen-bond acceptors (Lipinski definition) is 6. The first kappa shape index (κ1) is 19.8. The van der Waals surface area contributed by atoms with Gasteiger partial charge in [-0.25, -0.2) is 4.79 Å². The molecule has 1 N–H and O–H groups in total. The molecule has 0 saturated heterocycles. The van der Waals surface area contributed by atoms with Gasteiger partial charge in [0.2, 0.25) is 5.82 Å². The third-order valence-corrected chi connectivity index (χ3v) is 3.48. The van der Waals surface area contributed by atoms with Gasteiger partial charge < -0.3 is 14.8 Å². The molecule has 0 atom stereocenters. The molecule has 9 heteroatoms. The zero-order chi connectivity index (χ0) is 19.8. The van der Waals surface area contributed by atoms with Crippen molar-refractivity contribution in [1.82, 2.24) is 0 Å². The highest BCUT2D eigenvalue weighted by molar-refractivity contribution is 5.93. The van der Waals surface area contributed by atoms with Crippen LogP contribution < -0.4 is 10.1 Å². The van der Waals surface area contributed by atoms with Gasteiger partial charge in [0.25, 0.3) is 5.91 Å². The molecule has 0 radical (unpaired) electrons. The standard InChI is InChI=1S/C18H17FN2O6/c1-2-12-3-6-14(7-4-12)26-11-18(23)27-10-17(22)20-13-5-8-15(19)16(9-13)21(24)25/h3-9H,2,10-11H2,1H3,(H,20,22). The van der Waals surface area contributed by atoms with E-state index in [4.69, 9.17) is 9.47 Å². The SMILES string of the molecule is CCc1ccc(OCC(=O)OCC(=O)Nc2ccc(F)c([N+](=O)[O-])c2)cc1. The van der Waals surface area contributed by atoms with Crippen molar-refractivity contribution < 1.29 is 28.4 Å². The van der Waals surface area contributed by atoms with Crippen molar-refractivity contribution in [3.63, 3.8) is 0 Å². The lowest BCUT2D eigenvalue weighted by Gasteiger charge is -2.08. The quantitative estimate of drug-likeness (QED) is 0.431. The highest BCUT2D eigenvalue weighted by Gasteiger charge is 2.16. The molecule has 2 aromatic rings. The van der Waals surface area contributed by atoms with Crippen LogP contribution in [0.1, 0.15) is 12.5 Å². The Bertz CT molecular complexity index is 838. The molecule has 8 nitrogen and oxygen atoms in total. The van der Waals surface area contributed by atoms with E-state index in [1.54, 1.807) is 12.1 Å². The van der Waals surface area contributed by atoms with Gasteiger partial charge in [-0.3, -0.25) is 14.9 Å². The van der Waals surface area contributed by atoms with E-state index in [0.717, 1.165) is 30.2 Å². The van der Waals surface area contributed by atoms with E-state index in [1.807, 2.05) is 19.1 Å². The molecule has 1 amide bonds. The number of anilines is 1. The minimum Gasteiger partial charge on any atom is -0.482 e. The smallest absolute Gasteiger partial charge is 0.344 e. The number of hydrogen-bond donors (Lipinski definition) is 1. The Morgan fingerprint density at radius 1 is 1.15 bits per heavy atom. The fourth-order valence-electron chi connectivity index (χ4n) is 2.08. The van der Waals surface area contributed by atoms with E-state index in [0.29, 0.717) is 5.75 Å². The minimum atomic E-state index is -1.02. The van der Waals surface area contributed by atoms with Crippen molar-refractivity contribution in [2.24, 2.45) is 0 Å². The Balaban J connectivity index is 1.78. The number of nitrogens with zero attached hydrogens (tertiary/aromatic N) is 1. The monoisotopic (exact) mass is 376 g/mol. The zero-order valence-electron chi connectivity index (χ0n) is 14.4. The Labute approximate surface area is 154 Å². The fourth-order valence-corrected chi connectivity index (χ4v) is 2.08. The van der Waals surface area contributed by atoms with Crippen molar-refractivity contribution >= 4 is 23.3 Å². The van der Waals surface area contributed by atoms with Gasteiger partial charge >= 0.3 is 11.7 Å². The Morgan fingerprint density at radius 2 is 1.85 bits per heavy atom. The van der Waals surface area contributed by atoms with E-state index in [9.17, 15) is 24.1 Å². The predicted molar refractivity (Wildman–Crippen MR) is 94.0 cm³/mol. The van der Waals surface area contributed by atoms with Crippen molar-refractivity contribution in [3.8, 4) is 5.75 Å². The average Bonchev–Trinajstić information content (AvgIpc) is 2.66. The van der Waals surface area contributed by atoms with E-state index in [2.05, 4.69) is 5.32 Å². The summed E-state index contributed by atoms with van der Waals surface area (Å²) in [4.78, 5) is 33.1. The van der Waals surface area contributed by atoms with Crippen LogP contribution in [0.3, 0.4) is 0 Å². The average molecular weight is 376 g/mol. The summed E-state index contributed by atoms with van der Waals surface area (Å²) in [5, 5.41) is 12.9. The molecule has 0 saturated carbocycles. The van der Waals surface area contributed by atoms with Crippen LogP contribution in [0.15, 0.2) is 42.5 Å². The zero-order valence-corrected chi connectivity index (χ0v) is 14.4. The molecule has 0 aromatic heterocycles. The molecule has 0 aliphatic heterocycles. The maximum Gasteiger partial charge on any atom is 0.344 e. The van der Waals surface area contributed by atoms with Gasteiger partial charge in [-0.2, -0.15) is 4.39 Å². The number of nitro groups is 1. The molecule has 27 heavy (non-hydrogen) atoms. The van der Waals surface area contributed by atoms with Crippen molar-refractivity contribution in [1.29, 1.82) is 0 Å². The summed E-state index contributed by atoms with van der Waals surface area (Å²) in [7, 11) is 0. The van der Waals surface area contributed by atoms with Gasteiger partial charge in [0.1, 0.15) is 5.75 Å². The van der Waals surface area contributed by atoms with Gasteiger partial charge in [-0.15, -0.1) is 0 Å². The van der Waals surface area contributed by atoms with Gasteiger partial charge in [0.15, 0.2) is 13.2 Å². The molecule has 0 heterocycles. The number of carbonyl (C=O) groups excluding carboxylic acids is 2. The summed E-state index contributed by atoms with van der Waals surface area (Å²) in [6.45, 7) is 1.03. The lowest BCUT2D eigenvalue weighted by Crippen LogP contribution is -2.23. The van der Waals surface area contributed by atoms with Crippen LogP contribution in [-0.2, 0) is 20.7 Å². The van der Waals surface area contributed by atoms with Crippen molar-refractivity contribution in [2.75, 3.05) is 18.5 Å². The molecular weight excluding hydrogens is 359 g/mol. The summed E-state index contributed by atoms with van der Waals surface area (Å²) in [6.07, 6.45) is 0.884. The second-order valence-corrected chi connectivity index (χ2v) is 5.42. The third-order valence-electron chi connectivity index (χ3n) is 3.48. The molecule has 142 valence electrons. The summed E-state index contributed by atoms with van der Waals surface area (Å²) < 4.78 is 23.3. The van der Waals surface area contributed by atoms with Crippen molar-refractivity contribution in [2.45, 2.75) is 13.3 Å². The van der Waals surface area contributed by atoms with Crippen LogP contribution in [-0.4, -0.2) is 30.0 Å². The number of rotatable bonds is 8. The molecule has 0 spiro atoms. The Kier molecular flexibility index (Phi) is 6.81. The van der Waals surface area contributed by atoms with E-state index >= 15 is 0 Å². The summed E-state index contributed by atoms with van der Waals surface area (Å²) in [5.41, 5.74) is 0.367. The van der Waals surface area contributed by atoms with E-state index in [-0.39, 0.29) is 12.3 Å². The first-order valence-electron chi connectivity index (χ1n) is 8.00. The number of benzene rings is 2. The number of nitrogens with one attached hydrogen (secondary N) is 1. The Morgan fingerprint density at radius 3 is 2.48 bits per heavy atom. The molecular formula is C18H17FN2O6. The highest BCUT2D eigenvalue weighted by Crippen LogP contribution is 2.21. The first-order valence-corrected chi connectivity index (χ1v) is 8.00. The van der Waals surface area contributed by atoms with Crippen LogP contribution in [0.25, 0.3) is 0 Å². The van der Waals surface area contributed by atoms with Gasteiger partial charge in [0.05, 0.1) is 4.92 Å². The van der Waals surface area contributed by atoms with Crippen LogP contribution in [0, 0.1) is 15.9 Å². The molecule has 0 aliphatic rings. The molecule has 2 rings (SSSR count). The van der Waals surface area contributed by atoms with Crippen LogP contribution in [0.2, 0.25) is 0 Å². The largest absolute Gasteiger partial charge is 0.482 e. The number of carbonyl (C=O) groups is 2. The molecule has 0 fully saturated rings. The second-order valence-electron chi connectivity index (χ2n) is 5.42.